The van der Waals surface area contributed by atoms with Crippen molar-refractivity contribution in [1.29, 1.82) is 0 Å². The van der Waals surface area contributed by atoms with Crippen molar-refractivity contribution in [1.82, 2.24) is 5.32 Å². The number of rotatable bonds is 6. The van der Waals surface area contributed by atoms with Crippen LogP contribution in [0.1, 0.15) is 10.4 Å². The van der Waals surface area contributed by atoms with E-state index in [2.05, 4.69) is 10.1 Å². The predicted molar refractivity (Wildman–Crippen MR) is 70.0 cm³/mol. The largest absolute Gasteiger partial charge is 0.396 e. The number of hydrogen-bond donors (Lipinski definition) is 2. The monoisotopic (exact) mass is 312 g/mol. The summed E-state index contributed by atoms with van der Waals surface area (Å²) in [5, 5.41) is 2.83. The fourth-order valence-corrected chi connectivity index (χ4v) is 1.71. The summed E-state index contributed by atoms with van der Waals surface area (Å²) in [6.07, 6.45) is -2.52. The van der Waals surface area contributed by atoms with Gasteiger partial charge in [-0.3, -0.25) is 4.79 Å². The van der Waals surface area contributed by atoms with Crippen LogP contribution in [0.2, 0.25) is 10.0 Å². The molecule has 8 heteroatoms. The van der Waals surface area contributed by atoms with E-state index >= 15 is 0 Å². The van der Waals surface area contributed by atoms with Crippen molar-refractivity contribution in [2.45, 2.75) is 6.43 Å². The molecule has 0 bridgehead atoms. The molecular weight excluding hydrogens is 301 g/mol. The molecule has 0 atom stereocenters. The number of hydrogen-bond acceptors (Lipinski definition) is 3. The average Bonchev–Trinajstić information content (AvgIpc) is 2.34. The van der Waals surface area contributed by atoms with Crippen molar-refractivity contribution in [2.75, 3.05) is 25.5 Å². The summed E-state index contributed by atoms with van der Waals surface area (Å²) < 4.78 is 28.1. The second-order valence-electron chi connectivity index (χ2n) is 3.58. The Morgan fingerprint density at radius 3 is 2.47 bits per heavy atom. The first-order chi connectivity index (χ1) is 8.91. The maximum Gasteiger partial charge on any atom is 0.261 e. The second-order valence-corrected chi connectivity index (χ2v) is 4.39. The minimum absolute atomic E-state index is 0.00742. The van der Waals surface area contributed by atoms with Crippen LogP contribution in [0.4, 0.5) is 14.5 Å². The van der Waals surface area contributed by atoms with E-state index in [9.17, 15) is 13.6 Å². The van der Waals surface area contributed by atoms with Crippen LogP contribution >= 0.6 is 23.2 Å². The van der Waals surface area contributed by atoms with Gasteiger partial charge in [0.25, 0.3) is 12.3 Å². The zero-order valence-electron chi connectivity index (χ0n) is 9.76. The smallest absolute Gasteiger partial charge is 0.261 e. The van der Waals surface area contributed by atoms with Gasteiger partial charge in [-0.15, -0.1) is 0 Å². The van der Waals surface area contributed by atoms with Gasteiger partial charge in [0.15, 0.2) is 0 Å². The highest BCUT2D eigenvalue weighted by Crippen LogP contribution is 2.28. The molecule has 1 aromatic rings. The van der Waals surface area contributed by atoms with Crippen LogP contribution in [0.5, 0.6) is 0 Å². The molecule has 0 radical (unpaired) electrons. The Balaban J connectivity index is 2.46. The van der Waals surface area contributed by atoms with Crippen LogP contribution in [0.3, 0.4) is 0 Å². The highest BCUT2D eigenvalue weighted by molar-refractivity contribution is 6.39. The lowest BCUT2D eigenvalue weighted by molar-refractivity contribution is 0.0188. The van der Waals surface area contributed by atoms with E-state index in [-0.39, 0.29) is 34.4 Å². The predicted octanol–water partition coefficient (Wildman–Crippen LogP) is 2.59. The molecule has 1 amide bonds. The van der Waals surface area contributed by atoms with Crippen LogP contribution in [-0.4, -0.2) is 32.1 Å². The van der Waals surface area contributed by atoms with Gasteiger partial charge in [0.1, 0.15) is 6.61 Å². The van der Waals surface area contributed by atoms with Crippen LogP contribution < -0.4 is 11.1 Å². The number of amides is 1. The molecule has 3 N–H and O–H groups in total. The van der Waals surface area contributed by atoms with E-state index in [4.69, 9.17) is 28.9 Å². The molecule has 0 aliphatic heterocycles. The summed E-state index contributed by atoms with van der Waals surface area (Å²) in [7, 11) is 0. The van der Waals surface area contributed by atoms with Gasteiger partial charge in [-0.05, 0) is 12.1 Å². The number of nitrogens with one attached hydrogen (secondary N) is 1. The SMILES string of the molecule is Nc1c(Cl)cc(C(=O)NCCOCC(F)F)cc1Cl. The van der Waals surface area contributed by atoms with Crippen LogP contribution in [0.25, 0.3) is 0 Å². The zero-order chi connectivity index (χ0) is 14.4. The molecular formula is C11H12Cl2F2N2O2. The van der Waals surface area contributed by atoms with Gasteiger partial charge in [-0.2, -0.15) is 0 Å². The van der Waals surface area contributed by atoms with Gasteiger partial charge in [-0.25, -0.2) is 8.78 Å². The Bertz CT molecular complexity index is 435. The van der Waals surface area contributed by atoms with E-state index < -0.39 is 18.9 Å². The number of anilines is 1. The third kappa shape index (κ3) is 5.18. The van der Waals surface area contributed by atoms with Gasteiger partial charge in [0.05, 0.1) is 22.3 Å². The number of ether oxygens (including phenoxy) is 1. The maximum atomic E-state index is 11.8. The lowest BCUT2D eigenvalue weighted by Gasteiger charge is -2.08. The summed E-state index contributed by atoms with van der Waals surface area (Å²) in [6, 6.07) is 2.75. The average molecular weight is 313 g/mol. The third-order valence-electron chi connectivity index (χ3n) is 2.12. The lowest BCUT2D eigenvalue weighted by atomic mass is 10.2. The molecule has 4 nitrogen and oxygen atoms in total. The van der Waals surface area contributed by atoms with Gasteiger partial charge >= 0.3 is 0 Å². The van der Waals surface area contributed by atoms with Crippen molar-refractivity contribution in [3.63, 3.8) is 0 Å². The molecule has 0 fully saturated rings. The van der Waals surface area contributed by atoms with E-state index in [1.807, 2.05) is 0 Å². The number of halogens is 4. The molecule has 0 saturated carbocycles. The fourth-order valence-electron chi connectivity index (χ4n) is 1.23. The highest BCUT2D eigenvalue weighted by atomic mass is 35.5. The third-order valence-corrected chi connectivity index (χ3v) is 2.74. The van der Waals surface area contributed by atoms with E-state index in [1.54, 1.807) is 0 Å². The quantitative estimate of drug-likeness (QED) is 0.627. The van der Waals surface area contributed by atoms with E-state index in [0.29, 0.717) is 0 Å². The van der Waals surface area contributed by atoms with Crippen molar-refractivity contribution in [3.8, 4) is 0 Å². The molecule has 0 aliphatic rings. The highest BCUT2D eigenvalue weighted by Gasteiger charge is 2.11. The van der Waals surface area contributed by atoms with E-state index in [0.717, 1.165) is 0 Å². The van der Waals surface area contributed by atoms with E-state index in [1.165, 1.54) is 12.1 Å². The molecule has 0 aromatic heterocycles. The molecule has 0 unspecified atom stereocenters. The maximum absolute atomic E-state index is 11.8. The Hall–Kier alpha value is -1.11. The first kappa shape index (κ1) is 15.9. The van der Waals surface area contributed by atoms with Crippen LogP contribution in [0, 0.1) is 0 Å². The Labute approximate surface area is 118 Å². The Kier molecular flexibility index (Phi) is 6.27. The second kappa shape index (κ2) is 7.47. The number of carbonyl (C=O) groups excluding carboxylic acids is 1. The summed E-state index contributed by atoms with van der Waals surface area (Å²) in [5.74, 6) is -0.440. The Morgan fingerprint density at radius 2 is 1.95 bits per heavy atom. The molecule has 1 rings (SSSR count). The standard InChI is InChI=1S/C11H12Cl2F2N2O2/c12-7-3-6(4-8(13)10(7)16)11(18)17-1-2-19-5-9(14)15/h3-4,9H,1-2,5,16H2,(H,17,18). The summed E-state index contributed by atoms with van der Waals surface area (Å²) in [5.41, 5.74) is 5.96. The van der Waals surface area contributed by atoms with Gasteiger partial charge in [0.2, 0.25) is 0 Å². The van der Waals surface area contributed by atoms with Crippen molar-refractivity contribution in [3.05, 3.63) is 27.7 Å². The molecule has 0 spiro atoms. The molecule has 0 saturated heterocycles. The number of carbonyl (C=O) groups is 1. The Morgan fingerprint density at radius 1 is 1.37 bits per heavy atom. The van der Waals surface area contributed by atoms with Crippen molar-refractivity contribution >= 4 is 34.8 Å². The topological polar surface area (TPSA) is 64.4 Å². The van der Waals surface area contributed by atoms with Crippen molar-refractivity contribution in [2.24, 2.45) is 0 Å². The zero-order valence-corrected chi connectivity index (χ0v) is 11.3. The first-order valence-electron chi connectivity index (χ1n) is 5.30. The number of alkyl halides is 2. The van der Waals surface area contributed by atoms with Gasteiger partial charge in [-0.1, -0.05) is 23.2 Å². The van der Waals surface area contributed by atoms with Crippen molar-refractivity contribution < 1.29 is 18.3 Å². The minimum Gasteiger partial charge on any atom is -0.396 e. The van der Waals surface area contributed by atoms with Crippen LogP contribution in [-0.2, 0) is 4.74 Å². The molecule has 0 aliphatic carbocycles. The number of nitrogens with two attached hydrogens (primary N) is 1. The first-order valence-corrected chi connectivity index (χ1v) is 6.06. The van der Waals surface area contributed by atoms with Gasteiger partial charge < -0.3 is 15.8 Å². The summed E-state index contributed by atoms with van der Waals surface area (Å²) in [4.78, 5) is 11.7. The normalized spacial score (nSPS) is 10.8. The number of nitrogen functional groups attached to an aromatic ring is 1. The lowest BCUT2D eigenvalue weighted by Crippen LogP contribution is -2.27. The minimum atomic E-state index is -2.52. The summed E-state index contributed by atoms with van der Waals surface area (Å²) in [6.45, 7) is -0.562. The van der Waals surface area contributed by atoms with Gasteiger partial charge in [0, 0.05) is 12.1 Å². The molecule has 0 heterocycles. The number of benzene rings is 1. The molecule has 1 aromatic carbocycles. The summed E-state index contributed by atoms with van der Waals surface area (Å²) >= 11 is 11.6. The van der Waals surface area contributed by atoms with Crippen LogP contribution in [0.15, 0.2) is 12.1 Å². The molecule has 19 heavy (non-hydrogen) atoms. The molecule has 106 valence electrons. The fraction of sp³-hybridized carbons (Fsp3) is 0.364.